The van der Waals surface area contributed by atoms with Crippen molar-refractivity contribution < 1.29 is 9.90 Å². The second-order valence-electron chi connectivity index (χ2n) is 5.68. The van der Waals surface area contributed by atoms with Crippen LogP contribution in [0.4, 0.5) is 0 Å². The number of thioether (sulfide) groups is 1. The molecule has 1 aliphatic carbocycles. The summed E-state index contributed by atoms with van der Waals surface area (Å²) in [6.45, 7) is 0.745. The summed E-state index contributed by atoms with van der Waals surface area (Å²) in [6.07, 6.45) is 6.38. The molecule has 0 spiro atoms. The van der Waals surface area contributed by atoms with Gasteiger partial charge >= 0.3 is 0 Å². The Kier molecular flexibility index (Phi) is 5.49. The van der Waals surface area contributed by atoms with Gasteiger partial charge in [-0.05, 0) is 36.8 Å². The maximum absolute atomic E-state index is 12.2. The number of aliphatic hydroxyl groups excluding tert-OH is 1. The van der Waals surface area contributed by atoms with Gasteiger partial charge in [0.2, 0.25) is 0 Å². The third kappa shape index (κ3) is 3.76. The van der Waals surface area contributed by atoms with Gasteiger partial charge in [-0.2, -0.15) is 11.8 Å². The summed E-state index contributed by atoms with van der Waals surface area (Å²) in [6, 6.07) is 7.77. The minimum absolute atomic E-state index is 0.0346. The molecule has 0 saturated heterocycles. The van der Waals surface area contributed by atoms with E-state index in [1.807, 2.05) is 24.3 Å². The zero-order valence-corrected chi connectivity index (χ0v) is 12.8. The van der Waals surface area contributed by atoms with E-state index in [0.29, 0.717) is 12.1 Å². The number of carbonyl (C=O) groups excluding carboxylic acids is 1. The van der Waals surface area contributed by atoms with Crippen LogP contribution < -0.4 is 5.32 Å². The van der Waals surface area contributed by atoms with Gasteiger partial charge in [0.1, 0.15) is 0 Å². The van der Waals surface area contributed by atoms with Gasteiger partial charge < -0.3 is 10.4 Å². The molecular formula is C16H23NO2S. The first kappa shape index (κ1) is 15.4. The lowest BCUT2D eigenvalue weighted by Gasteiger charge is -2.26. The minimum Gasteiger partial charge on any atom is -0.396 e. The zero-order valence-electron chi connectivity index (χ0n) is 12.0. The maximum atomic E-state index is 12.2. The average molecular weight is 293 g/mol. The van der Waals surface area contributed by atoms with Crippen molar-refractivity contribution in [2.24, 2.45) is 5.41 Å². The van der Waals surface area contributed by atoms with Crippen LogP contribution in [0.15, 0.2) is 24.3 Å². The maximum Gasteiger partial charge on any atom is 0.251 e. The van der Waals surface area contributed by atoms with Gasteiger partial charge in [0.05, 0.1) is 6.61 Å². The fourth-order valence-electron chi connectivity index (χ4n) is 2.85. The van der Waals surface area contributed by atoms with Crippen LogP contribution in [0.3, 0.4) is 0 Å². The Labute approximate surface area is 125 Å². The summed E-state index contributed by atoms with van der Waals surface area (Å²) in [4.78, 5) is 12.2. The summed E-state index contributed by atoms with van der Waals surface area (Å²) in [7, 11) is 0. The van der Waals surface area contributed by atoms with Gasteiger partial charge in [-0.3, -0.25) is 4.79 Å². The summed E-state index contributed by atoms with van der Waals surface area (Å²) in [5, 5.41) is 12.6. The first-order chi connectivity index (χ1) is 9.69. The average Bonchev–Trinajstić information content (AvgIpc) is 2.95. The van der Waals surface area contributed by atoms with E-state index in [9.17, 15) is 9.90 Å². The molecule has 0 unspecified atom stereocenters. The quantitative estimate of drug-likeness (QED) is 0.848. The predicted octanol–water partition coefficient (Wildman–Crippen LogP) is 2.83. The largest absolute Gasteiger partial charge is 0.396 e. The molecule has 2 rings (SSSR count). The van der Waals surface area contributed by atoms with E-state index in [2.05, 4.69) is 11.6 Å². The Morgan fingerprint density at radius 1 is 1.40 bits per heavy atom. The Hall–Kier alpha value is -1.00. The summed E-state index contributed by atoms with van der Waals surface area (Å²) in [5.74, 6) is 0.884. The highest BCUT2D eigenvalue weighted by Gasteiger charge is 2.33. The van der Waals surface area contributed by atoms with Crippen LogP contribution in [0, 0.1) is 5.41 Å². The van der Waals surface area contributed by atoms with Gasteiger partial charge in [0, 0.05) is 23.3 Å². The van der Waals surface area contributed by atoms with Crippen molar-refractivity contribution in [2.75, 3.05) is 19.4 Å². The number of carbonyl (C=O) groups is 1. The van der Waals surface area contributed by atoms with Crippen LogP contribution in [-0.2, 0) is 5.75 Å². The van der Waals surface area contributed by atoms with Crippen molar-refractivity contribution in [3.05, 3.63) is 35.4 Å². The van der Waals surface area contributed by atoms with Gasteiger partial charge in [0.15, 0.2) is 0 Å². The number of benzene rings is 1. The van der Waals surface area contributed by atoms with Crippen LogP contribution in [0.1, 0.15) is 41.6 Å². The van der Waals surface area contributed by atoms with E-state index in [1.165, 1.54) is 5.56 Å². The van der Waals surface area contributed by atoms with Crippen molar-refractivity contribution in [2.45, 2.75) is 31.4 Å². The molecule has 1 aromatic rings. The molecule has 1 amide bonds. The molecule has 1 aromatic carbocycles. The third-order valence-corrected chi connectivity index (χ3v) is 4.75. The smallest absolute Gasteiger partial charge is 0.251 e. The van der Waals surface area contributed by atoms with Crippen LogP contribution in [0.2, 0.25) is 0 Å². The van der Waals surface area contributed by atoms with E-state index >= 15 is 0 Å². The van der Waals surface area contributed by atoms with Gasteiger partial charge in [-0.25, -0.2) is 0 Å². The molecule has 0 bridgehead atoms. The Bertz CT molecular complexity index is 456. The molecule has 4 heteroatoms. The molecular weight excluding hydrogens is 270 g/mol. The molecule has 0 radical (unpaired) electrons. The molecule has 1 fully saturated rings. The normalized spacial score (nSPS) is 17.1. The number of nitrogens with one attached hydrogen (secondary N) is 1. The first-order valence-corrected chi connectivity index (χ1v) is 8.55. The molecule has 1 aliphatic rings. The Morgan fingerprint density at radius 3 is 2.80 bits per heavy atom. The van der Waals surface area contributed by atoms with Crippen molar-refractivity contribution >= 4 is 17.7 Å². The standard InChI is InChI=1S/C16H23NO2S/c1-20-10-13-5-4-6-14(9-13)15(19)17-11-16(12-18)7-2-3-8-16/h4-6,9,18H,2-3,7-8,10-12H2,1H3,(H,17,19). The lowest BCUT2D eigenvalue weighted by Crippen LogP contribution is -2.38. The predicted molar refractivity (Wildman–Crippen MR) is 84.0 cm³/mol. The monoisotopic (exact) mass is 293 g/mol. The SMILES string of the molecule is CSCc1cccc(C(=O)NCC2(CO)CCCC2)c1. The summed E-state index contributed by atoms with van der Waals surface area (Å²) in [5.41, 5.74) is 1.79. The van der Waals surface area contributed by atoms with E-state index < -0.39 is 0 Å². The van der Waals surface area contributed by atoms with Crippen molar-refractivity contribution in [1.29, 1.82) is 0 Å². The molecule has 2 N–H and O–H groups in total. The highest BCUT2D eigenvalue weighted by molar-refractivity contribution is 7.97. The molecule has 1 saturated carbocycles. The van der Waals surface area contributed by atoms with Crippen LogP contribution >= 0.6 is 11.8 Å². The fourth-order valence-corrected chi connectivity index (χ4v) is 3.37. The minimum atomic E-state index is -0.0907. The topological polar surface area (TPSA) is 49.3 Å². The summed E-state index contributed by atoms with van der Waals surface area (Å²) < 4.78 is 0. The molecule has 20 heavy (non-hydrogen) atoms. The fraction of sp³-hybridized carbons (Fsp3) is 0.562. The van der Waals surface area contributed by atoms with E-state index in [1.54, 1.807) is 11.8 Å². The Morgan fingerprint density at radius 2 is 2.15 bits per heavy atom. The van der Waals surface area contributed by atoms with E-state index in [-0.39, 0.29) is 17.9 Å². The van der Waals surface area contributed by atoms with Crippen LogP contribution in [0.5, 0.6) is 0 Å². The van der Waals surface area contributed by atoms with Gasteiger partial charge in [0.25, 0.3) is 5.91 Å². The zero-order chi connectivity index (χ0) is 14.4. The van der Waals surface area contributed by atoms with Gasteiger partial charge in [-0.15, -0.1) is 0 Å². The number of aliphatic hydroxyl groups is 1. The Balaban J connectivity index is 1.96. The molecule has 0 atom stereocenters. The third-order valence-electron chi connectivity index (χ3n) is 4.12. The molecule has 0 aromatic heterocycles. The second-order valence-corrected chi connectivity index (χ2v) is 6.55. The number of rotatable bonds is 6. The van der Waals surface area contributed by atoms with E-state index in [0.717, 1.165) is 31.4 Å². The lowest BCUT2D eigenvalue weighted by molar-refractivity contribution is 0.0880. The van der Waals surface area contributed by atoms with Gasteiger partial charge in [-0.1, -0.05) is 25.0 Å². The number of hydrogen-bond acceptors (Lipinski definition) is 3. The van der Waals surface area contributed by atoms with Crippen molar-refractivity contribution in [3.63, 3.8) is 0 Å². The van der Waals surface area contributed by atoms with Crippen LogP contribution in [-0.4, -0.2) is 30.4 Å². The van der Waals surface area contributed by atoms with Crippen molar-refractivity contribution in [3.8, 4) is 0 Å². The second kappa shape index (κ2) is 7.14. The van der Waals surface area contributed by atoms with Crippen molar-refractivity contribution in [1.82, 2.24) is 5.32 Å². The van der Waals surface area contributed by atoms with Crippen LogP contribution in [0.25, 0.3) is 0 Å². The molecule has 110 valence electrons. The summed E-state index contributed by atoms with van der Waals surface area (Å²) >= 11 is 1.75. The number of amides is 1. The highest BCUT2D eigenvalue weighted by Crippen LogP contribution is 2.36. The molecule has 0 heterocycles. The first-order valence-electron chi connectivity index (χ1n) is 7.16. The molecule has 3 nitrogen and oxygen atoms in total. The lowest BCUT2D eigenvalue weighted by atomic mass is 9.87. The highest BCUT2D eigenvalue weighted by atomic mass is 32.2. The molecule has 0 aliphatic heterocycles. The number of hydrogen-bond donors (Lipinski definition) is 2. The van der Waals surface area contributed by atoms with E-state index in [4.69, 9.17) is 0 Å².